The lowest BCUT2D eigenvalue weighted by Crippen LogP contribution is -2.46. The molecule has 0 radical (unpaired) electrons. The van der Waals surface area contributed by atoms with Crippen LogP contribution in [0.15, 0.2) is 108 Å². The smallest absolute Gasteiger partial charge is 0.338 e. The van der Waals surface area contributed by atoms with Gasteiger partial charge in [0.1, 0.15) is 17.6 Å². The van der Waals surface area contributed by atoms with Gasteiger partial charge in [0.15, 0.2) is 5.78 Å². The van der Waals surface area contributed by atoms with Crippen LogP contribution in [0.25, 0.3) is 0 Å². The average molecular weight is 527 g/mol. The Kier molecular flexibility index (Phi) is 7.02. The predicted molar refractivity (Wildman–Crippen MR) is 143 cm³/mol. The van der Waals surface area contributed by atoms with Crippen molar-refractivity contribution < 1.29 is 28.2 Å². The van der Waals surface area contributed by atoms with Gasteiger partial charge in [-0.05, 0) is 41.8 Å². The van der Waals surface area contributed by atoms with Gasteiger partial charge >= 0.3 is 11.9 Å². The first-order valence-electron chi connectivity index (χ1n) is 12.5. The predicted octanol–water partition coefficient (Wildman–Crippen LogP) is 4.57. The molecule has 7 nitrogen and oxygen atoms in total. The first-order valence-corrected chi connectivity index (χ1v) is 12.5. The minimum atomic E-state index is -1.16. The van der Waals surface area contributed by atoms with Gasteiger partial charge in [0, 0.05) is 22.9 Å². The Morgan fingerprint density at radius 2 is 1.49 bits per heavy atom. The molecular formula is C31H27FN2O5. The molecule has 0 spiro atoms. The molecule has 0 bridgehead atoms. The van der Waals surface area contributed by atoms with E-state index in [1.807, 2.05) is 60.7 Å². The second kappa shape index (κ2) is 10.6. The van der Waals surface area contributed by atoms with Crippen molar-refractivity contribution >= 4 is 23.4 Å². The number of hydrogen-bond acceptors (Lipinski definition) is 7. The van der Waals surface area contributed by atoms with Gasteiger partial charge in [-0.3, -0.25) is 14.5 Å². The fraction of sp³-hybridized carbons (Fsp3) is 0.194. The lowest BCUT2D eigenvalue weighted by Gasteiger charge is -2.44. The number of hydrogen-bond donors (Lipinski definition) is 1. The molecule has 39 heavy (non-hydrogen) atoms. The van der Waals surface area contributed by atoms with E-state index >= 15 is 0 Å². The van der Waals surface area contributed by atoms with E-state index in [0.29, 0.717) is 16.9 Å². The molecule has 3 aromatic rings. The maximum Gasteiger partial charge on any atom is 0.338 e. The molecule has 0 unspecified atom stereocenters. The molecule has 0 aromatic heterocycles. The van der Waals surface area contributed by atoms with E-state index in [9.17, 15) is 18.8 Å². The summed E-state index contributed by atoms with van der Waals surface area (Å²) < 4.78 is 24.1. The van der Waals surface area contributed by atoms with E-state index in [1.165, 1.54) is 38.5 Å². The summed E-state index contributed by atoms with van der Waals surface area (Å²) in [6, 6.07) is 23.9. The van der Waals surface area contributed by atoms with Crippen molar-refractivity contribution in [2.45, 2.75) is 18.3 Å². The lowest BCUT2D eigenvalue weighted by atomic mass is 9.67. The van der Waals surface area contributed by atoms with Crippen molar-refractivity contribution in [1.82, 2.24) is 0 Å². The second-order valence-electron chi connectivity index (χ2n) is 9.39. The summed E-state index contributed by atoms with van der Waals surface area (Å²) in [5.41, 5.74) is 9.45. The summed E-state index contributed by atoms with van der Waals surface area (Å²) in [6.45, 7) is 0. The molecule has 198 valence electrons. The number of benzene rings is 3. The topological polar surface area (TPSA) is 98.9 Å². The van der Waals surface area contributed by atoms with Gasteiger partial charge in [-0.15, -0.1) is 0 Å². The maximum atomic E-state index is 14.5. The van der Waals surface area contributed by atoms with Crippen molar-refractivity contribution in [2.24, 2.45) is 11.7 Å². The Morgan fingerprint density at radius 3 is 2.08 bits per heavy atom. The number of rotatable bonds is 5. The highest BCUT2D eigenvalue weighted by Gasteiger charge is 2.51. The van der Waals surface area contributed by atoms with Crippen LogP contribution in [-0.4, -0.2) is 31.9 Å². The first-order chi connectivity index (χ1) is 18.9. The van der Waals surface area contributed by atoms with E-state index in [1.54, 1.807) is 4.90 Å². The van der Waals surface area contributed by atoms with Crippen molar-refractivity contribution in [3.63, 3.8) is 0 Å². The maximum absolute atomic E-state index is 14.5. The Labute approximate surface area is 225 Å². The minimum Gasteiger partial charge on any atom is -0.468 e. The molecule has 1 aliphatic carbocycles. The van der Waals surface area contributed by atoms with Gasteiger partial charge < -0.3 is 15.2 Å². The Hall–Kier alpha value is -4.72. The highest BCUT2D eigenvalue weighted by molar-refractivity contribution is 6.14. The van der Waals surface area contributed by atoms with Crippen molar-refractivity contribution in [1.29, 1.82) is 0 Å². The summed E-state index contributed by atoms with van der Waals surface area (Å²) in [5.74, 6) is -4.96. The van der Waals surface area contributed by atoms with Crippen LogP contribution < -0.4 is 10.6 Å². The van der Waals surface area contributed by atoms with Crippen LogP contribution in [0.4, 0.5) is 10.1 Å². The first kappa shape index (κ1) is 25.9. The number of anilines is 1. The highest BCUT2D eigenvalue weighted by Crippen LogP contribution is 2.51. The monoisotopic (exact) mass is 526 g/mol. The van der Waals surface area contributed by atoms with E-state index in [2.05, 4.69) is 0 Å². The van der Waals surface area contributed by atoms with Gasteiger partial charge in [0.05, 0.1) is 25.7 Å². The lowest BCUT2D eigenvalue weighted by molar-refractivity contribution is -0.150. The molecule has 3 aromatic carbocycles. The van der Waals surface area contributed by atoms with E-state index in [-0.39, 0.29) is 23.4 Å². The number of Topliss-reactive ketones (excluding diaryl/α,β-unsaturated/α-hetero) is 1. The number of methoxy groups -OCH3 is 2. The molecule has 5 rings (SSSR count). The Balaban J connectivity index is 1.82. The second-order valence-corrected chi connectivity index (χ2v) is 9.39. The van der Waals surface area contributed by atoms with Gasteiger partial charge in [-0.1, -0.05) is 60.7 Å². The number of carbonyl (C=O) groups excluding carboxylic acids is 3. The fourth-order valence-corrected chi connectivity index (χ4v) is 5.61. The molecule has 0 amide bonds. The van der Waals surface area contributed by atoms with Crippen LogP contribution in [0.1, 0.15) is 29.4 Å². The third-order valence-corrected chi connectivity index (χ3v) is 7.34. The van der Waals surface area contributed by atoms with Crippen LogP contribution >= 0.6 is 0 Å². The number of carbonyl (C=O) groups is 3. The fourth-order valence-electron chi connectivity index (χ4n) is 5.61. The minimum absolute atomic E-state index is 0.0295. The van der Waals surface area contributed by atoms with Gasteiger partial charge in [0.25, 0.3) is 0 Å². The average Bonchev–Trinajstić information content (AvgIpc) is 2.97. The number of esters is 2. The zero-order valence-electron chi connectivity index (χ0n) is 21.5. The molecular weight excluding hydrogens is 499 g/mol. The number of para-hydroxylation sites is 1. The van der Waals surface area contributed by atoms with Gasteiger partial charge in [-0.25, -0.2) is 9.18 Å². The molecule has 0 fully saturated rings. The van der Waals surface area contributed by atoms with Crippen molar-refractivity contribution in [3.05, 3.63) is 125 Å². The van der Waals surface area contributed by atoms with E-state index < -0.39 is 41.3 Å². The largest absolute Gasteiger partial charge is 0.468 e. The number of nitrogens with zero attached hydrogens (tertiary/aromatic N) is 1. The standard InChI is InChI=1S/C31H27FN2O5/c1-38-30(36)25-22(18-9-5-3-6-10-18)17-23-26(28(25)35)24(19-13-15-20(32)16-14-19)27(31(37)39-2)29(33)34(23)21-11-7-4-8-12-21/h3-16,22,24-25H,17,33H2,1-2H3/t22-,24-,25-/m0/s1. The highest BCUT2D eigenvalue weighted by atomic mass is 19.1. The van der Waals surface area contributed by atoms with E-state index in [0.717, 1.165) is 5.56 Å². The number of halogens is 1. The van der Waals surface area contributed by atoms with Crippen LogP contribution in [-0.2, 0) is 23.9 Å². The summed E-state index contributed by atoms with van der Waals surface area (Å²) in [6.07, 6.45) is 0.257. The molecule has 2 aliphatic rings. The zero-order chi connectivity index (χ0) is 27.7. The van der Waals surface area contributed by atoms with Crippen molar-refractivity contribution in [2.75, 3.05) is 19.1 Å². The normalized spacial score (nSPS) is 20.9. The zero-order valence-corrected chi connectivity index (χ0v) is 21.5. The van der Waals surface area contributed by atoms with E-state index in [4.69, 9.17) is 15.2 Å². The SMILES string of the molecule is COC(=O)C1=C(N)N(c2ccccc2)C2=C(C(=O)[C@@H](C(=O)OC)[C@H](c3ccccc3)C2)[C@@H]1c1ccc(F)cc1. The third kappa shape index (κ3) is 4.48. The number of ether oxygens (including phenoxy) is 2. The summed E-state index contributed by atoms with van der Waals surface area (Å²) in [7, 11) is 2.47. The molecule has 2 N–H and O–H groups in total. The van der Waals surface area contributed by atoms with Crippen LogP contribution in [0.5, 0.6) is 0 Å². The summed E-state index contributed by atoms with van der Waals surface area (Å²) >= 11 is 0. The molecule has 0 saturated carbocycles. The molecule has 1 aliphatic heterocycles. The molecule has 8 heteroatoms. The number of nitrogens with two attached hydrogens (primary N) is 1. The Bertz CT molecular complexity index is 1480. The van der Waals surface area contributed by atoms with Gasteiger partial charge in [-0.2, -0.15) is 0 Å². The number of ketones is 1. The molecule has 0 saturated heterocycles. The summed E-state index contributed by atoms with van der Waals surface area (Å²) in [4.78, 5) is 42.6. The van der Waals surface area contributed by atoms with Crippen LogP contribution in [0, 0.1) is 11.7 Å². The van der Waals surface area contributed by atoms with Crippen molar-refractivity contribution in [3.8, 4) is 0 Å². The van der Waals surface area contributed by atoms with Crippen LogP contribution in [0.3, 0.4) is 0 Å². The third-order valence-electron chi connectivity index (χ3n) is 7.34. The Morgan fingerprint density at radius 1 is 0.872 bits per heavy atom. The molecule has 1 heterocycles. The van der Waals surface area contributed by atoms with Crippen LogP contribution in [0.2, 0.25) is 0 Å². The quantitative estimate of drug-likeness (QED) is 0.384. The number of allylic oxidation sites excluding steroid dienone is 2. The van der Waals surface area contributed by atoms with Gasteiger partial charge in [0.2, 0.25) is 0 Å². The molecule has 3 atom stereocenters. The summed E-state index contributed by atoms with van der Waals surface area (Å²) in [5, 5.41) is 0.